The van der Waals surface area contributed by atoms with E-state index in [1.54, 1.807) is 11.3 Å². The zero-order valence-electron chi connectivity index (χ0n) is 8.82. The van der Waals surface area contributed by atoms with Gasteiger partial charge in [0, 0.05) is 12.1 Å². The normalized spacial score (nSPS) is 35.9. The predicted molar refractivity (Wildman–Crippen MR) is 62.0 cm³/mol. The Balaban J connectivity index is 1.76. The quantitative estimate of drug-likeness (QED) is 0.852. The van der Waals surface area contributed by atoms with Crippen LogP contribution in [0, 0.1) is 5.92 Å². The average Bonchev–Trinajstić information content (AvgIpc) is 2.79. The SMILES string of the molecule is NC1(Cc2ccsc2)CCOC1C1CC1. The summed E-state index contributed by atoms with van der Waals surface area (Å²) >= 11 is 1.75. The molecule has 1 aliphatic heterocycles. The molecule has 1 aromatic rings. The van der Waals surface area contributed by atoms with Crippen LogP contribution in [-0.2, 0) is 11.2 Å². The lowest BCUT2D eigenvalue weighted by Gasteiger charge is -2.29. The number of ether oxygens (including phenoxy) is 1. The van der Waals surface area contributed by atoms with Gasteiger partial charge in [-0.15, -0.1) is 0 Å². The van der Waals surface area contributed by atoms with Gasteiger partial charge in [0.05, 0.1) is 6.10 Å². The van der Waals surface area contributed by atoms with Crippen LogP contribution >= 0.6 is 11.3 Å². The molecule has 2 unspecified atom stereocenters. The Bertz CT molecular complexity index is 333. The molecule has 15 heavy (non-hydrogen) atoms. The second kappa shape index (κ2) is 3.58. The molecular weight excluding hydrogens is 206 g/mol. The van der Waals surface area contributed by atoms with E-state index in [9.17, 15) is 0 Å². The maximum Gasteiger partial charge on any atom is 0.0786 e. The highest BCUT2D eigenvalue weighted by Gasteiger charge is 2.48. The van der Waals surface area contributed by atoms with E-state index in [1.807, 2.05) is 0 Å². The first-order valence-corrected chi connectivity index (χ1v) is 6.64. The first-order chi connectivity index (χ1) is 7.28. The molecule has 0 amide bonds. The smallest absolute Gasteiger partial charge is 0.0786 e. The maximum absolute atomic E-state index is 6.52. The second-order valence-corrected chi connectivity index (χ2v) is 5.70. The van der Waals surface area contributed by atoms with E-state index < -0.39 is 0 Å². The van der Waals surface area contributed by atoms with Crippen molar-refractivity contribution in [3.8, 4) is 0 Å². The van der Waals surface area contributed by atoms with Crippen LogP contribution in [0.3, 0.4) is 0 Å². The molecule has 0 aromatic carbocycles. The largest absolute Gasteiger partial charge is 0.376 e. The highest BCUT2D eigenvalue weighted by atomic mass is 32.1. The summed E-state index contributed by atoms with van der Waals surface area (Å²) in [5.74, 6) is 0.746. The fraction of sp³-hybridized carbons (Fsp3) is 0.667. The number of hydrogen-bond donors (Lipinski definition) is 1. The predicted octanol–water partition coefficient (Wildman–Crippen LogP) is 2.19. The van der Waals surface area contributed by atoms with Crippen molar-refractivity contribution in [3.63, 3.8) is 0 Å². The van der Waals surface area contributed by atoms with Crippen molar-refractivity contribution in [2.75, 3.05) is 6.61 Å². The lowest BCUT2D eigenvalue weighted by molar-refractivity contribution is 0.0627. The molecule has 0 radical (unpaired) electrons. The zero-order valence-corrected chi connectivity index (χ0v) is 9.63. The summed E-state index contributed by atoms with van der Waals surface area (Å²) in [6.07, 6.45) is 4.94. The van der Waals surface area contributed by atoms with Crippen molar-refractivity contribution in [2.45, 2.75) is 37.3 Å². The van der Waals surface area contributed by atoms with Crippen LogP contribution in [0.25, 0.3) is 0 Å². The van der Waals surface area contributed by atoms with Gasteiger partial charge in [-0.25, -0.2) is 0 Å². The third kappa shape index (κ3) is 1.84. The maximum atomic E-state index is 6.52. The molecule has 1 aromatic heterocycles. The third-order valence-electron chi connectivity index (χ3n) is 3.60. The summed E-state index contributed by atoms with van der Waals surface area (Å²) in [5.41, 5.74) is 7.79. The van der Waals surface area contributed by atoms with Crippen LogP contribution in [0.5, 0.6) is 0 Å². The van der Waals surface area contributed by atoms with E-state index in [0.29, 0.717) is 6.10 Å². The van der Waals surface area contributed by atoms with Crippen molar-refractivity contribution in [1.29, 1.82) is 0 Å². The Hall–Kier alpha value is -0.380. The molecule has 2 fully saturated rings. The Labute approximate surface area is 94.4 Å². The van der Waals surface area contributed by atoms with Gasteiger partial charge in [-0.1, -0.05) is 0 Å². The van der Waals surface area contributed by atoms with Crippen molar-refractivity contribution in [2.24, 2.45) is 11.7 Å². The molecule has 2 atom stereocenters. The zero-order chi connectivity index (χ0) is 10.3. The molecule has 1 saturated heterocycles. The Morgan fingerprint density at radius 2 is 2.40 bits per heavy atom. The molecule has 1 saturated carbocycles. The standard InChI is InChI=1S/C12H17NOS/c13-12(7-9-3-6-15-8-9)4-5-14-11(12)10-1-2-10/h3,6,8,10-11H,1-2,4-5,7,13H2. The Kier molecular flexibility index (Phi) is 2.34. The first kappa shape index (κ1) is 9.82. The Morgan fingerprint density at radius 1 is 1.53 bits per heavy atom. The minimum atomic E-state index is -0.0950. The van der Waals surface area contributed by atoms with Crippen LogP contribution in [0.4, 0.5) is 0 Å². The molecule has 2 aliphatic rings. The van der Waals surface area contributed by atoms with Gasteiger partial charge in [0.15, 0.2) is 0 Å². The van der Waals surface area contributed by atoms with Crippen LogP contribution in [-0.4, -0.2) is 18.2 Å². The van der Waals surface area contributed by atoms with Gasteiger partial charge in [0.1, 0.15) is 0 Å². The van der Waals surface area contributed by atoms with Gasteiger partial charge in [-0.3, -0.25) is 0 Å². The third-order valence-corrected chi connectivity index (χ3v) is 4.33. The van der Waals surface area contributed by atoms with E-state index in [2.05, 4.69) is 16.8 Å². The molecule has 0 bridgehead atoms. The topological polar surface area (TPSA) is 35.2 Å². The van der Waals surface area contributed by atoms with Gasteiger partial charge in [0.2, 0.25) is 0 Å². The molecule has 2 N–H and O–H groups in total. The Morgan fingerprint density at radius 3 is 3.07 bits per heavy atom. The van der Waals surface area contributed by atoms with Crippen molar-refractivity contribution < 1.29 is 4.74 Å². The fourth-order valence-electron chi connectivity index (χ4n) is 2.65. The average molecular weight is 223 g/mol. The van der Waals surface area contributed by atoms with Gasteiger partial charge in [-0.2, -0.15) is 11.3 Å². The van der Waals surface area contributed by atoms with Crippen LogP contribution in [0.2, 0.25) is 0 Å². The minimum Gasteiger partial charge on any atom is -0.376 e. The number of hydrogen-bond acceptors (Lipinski definition) is 3. The van der Waals surface area contributed by atoms with Gasteiger partial charge in [-0.05, 0) is 54.0 Å². The monoisotopic (exact) mass is 223 g/mol. The van der Waals surface area contributed by atoms with Crippen LogP contribution in [0.1, 0.15) is 24.8 Å². The summed E-state index contributed by atoms with van der Waals surface area (Å²) in [6.45, 7) is 0.849. The summed E-state index contributed by atoms with van der Waals surface area (Å²) in [4.78, 5) is 0. The van der Waals surface area contributed by atoms with Crippen molar-refractivity contribution >= 4 is 11.3 Å². The van der Waals surface area contributed by atoms with Crippen LogP contribution < -0.4 is 5.73 Å². The summed E-state index contributed by atoms with van der Waals surface area (Å²) in [7, 11) is 0. The summed E-state index contributed by atoms with van der Waals surface area (Å²) < 4.78 is 5.82. The van der Waals surface area contributed by atoms with Crippen molar-refractivity contribution in [1.82, 2.24) is 0 Å². The number of nitrogens with two attached hydrogens (primary N) is 1. The minimum absolute atomic E-state index is 0.0950. The molecule has 2 nitrogen and oxygen atoms in total. The van der Waals surface area contributed by atoms with E-state index in [1.165, 1.54) is 18.4 Å². The first-order valence-electron chi connectivity index (χ1n) is 5.69. The molecule has 3 rings (SSSR count). The molecule has 3 heteroatoms. The van der Waals surface area contributed by atoms with Gasteiger partial charge in [0.25, 0.3) is 0 Å². The molecule has 1 aliphatic carbocycles. The van der Waals surface area contributed by atoms with Gasteiger partial charge >= 0.3 is 0 Å². The highest BCUT2D eigenvalue weighted by Crippen LogP contribution is 2.43. The fourth-order valence-corrected chi connectivity index (χ4v) is 3.32. The van der Waals surface area contributed by atoms with Crippen molar-refractivity contribution in [3.05, 3.63) is 22.4 Å². The lowest BCUT2D eigenvalue weighted by atomic mass is 9.84. The number of thiophene rings is 1. The summed E-state index contributed by atoms with van der Waals surface area (Å²) in [6, 6.07) is 2.18. The van der Waals surface area contributed by atoms with Crippen LogP contribution in [0.15, 0.2) is 16.8 Å². The second-order valence-electron chi connectivity index (χ2n) is 4.92. The molecule has 2 heterocycles. The van der Waals surface area contributed by atoms with E-state index in [4.69, 9.17) is 10.5 Å². The molecule has 0 spiro atoms. The molecule has 82 valence electrons. The molecular formula is C12H17NOS. The van der Waals surface area contributed by atoms with E-state index in [0.717, 1.165) is 25.4 Å². The lowest BCUT2D eigenvalue weighted by Crippen LogP contribution is -2.50. The van der Waals surface area contributed by atoms with E-state index in [-0.39, 0.29) is 5.54 Å². The summed E-state index contributed by atoms with van der Waals surface area (Å²) in [5, 5.41) is 4.33. The number of rotatable bonds is 3. The van der Waals surface area contributed by atoms with Gasteiger partial charge < -0.3 is 10.5 Å². The highest BCUT2D eigenvalue weighted by molar-refractivity contribution is 7.07. The van der Waals surface area contributed by atoms with E-state index >= 15 is 0 Å².